The van der Waals surface area contributed by atoms with Crippen molar-refractivity contribution < 1.29 is 4.42 Å². The molecule has 9 aromatic rings. The van der Waals surface area contributed by atoms with Gasteiger partial charge in [0, 0.05) is 32.7 Å². The highest BCUT2D eigenvalue weighted by molar-refractivity contribution is 6.10. The quantitative estimate of drug-likeness (QED) is 0.181. The number of aryl methyl sites for hydroxylation is 2. The smallest absolute Gasteiger partial charge is 0.238 e. The SMILES string of the molecule is C=CC.Cc1cccc2c1c1ccccc1n2-c1nc(-c2ccccc2)nc(-c2ccccc2)n1.Cc1cccc2c1oc1ccccc12. The van der Waals surface area contributed by atoms with Crippen molar-refractivity contribution in [1.29, 1.82) is 0 Å². The van der Waals surface area contributed by atoms with Crippen molar-refractivity contribution in [2.75, 3.05) is 0 Å². The average molecular weight is 637 g/mol. The summed E-state index contributed by atoms with van der Waals surface area (Å²) in [5, 5.41) is 4.83. The maximum absolute atomic E-state index is 5.78. The Labute approximate surface area is 285 Å². The Bertz CT molecular complexity index is 2490. The molecule has 0 amide bonds. The maximum Gasteiger partial charge on any atom is 0.238 e. The molecule has 0 unspecified atom stereocenters. The Balaban J connectivity index is 0.000000184. The van der Waals surface area contributed by atoms with Crippen molar-refractivity contribution in [3.05, 3.63) is 169 Å². The van der Waals surface area contributed by atoms with Crippen LogP contribution in [-0.2, 0) is 0 Å². The van der Waals surface area contributed by atoms with Gasteiger partial charge in [0.1, 0.15) is 11.2 Å². The fourth-order valence-electron chi connectivity index (χ4n) is 6.20. The van der Waals surface area contributed by atoms with Crippen LogP contribution in [0.3, 0.4) is 0 Å². The zero-order valence-electron chi connectivity index (χ0n) is 27.8. The average Bonchev–Trinajstić information content (AvgIpc) is 3.70. The predicted octanol–water partition coefficient (Wildman–Crippen LogP) is 11.7. The normalized spacial score (nSPS) is 10.8. The summed E-state index contributed by atoms with van der Waals surface area (Å²) in [6, 6.07) is 49.3. The summed E-state index contributed by atoms with van der Waals surface area (Å²) in [6.07, 6.45) is 1.75. The van der Waals surface area contributed by atoms with Crippen LogP contribution < -0.4 is 0 Å². The van der Waals surface area contributed by atoms with Gasteiger partial charge in [0.25, 0.3) is 0 Å². The van der Waals surface area contributed by atoms with Crippen molar-refractivity contribution in [2.24, 2.45) is 0 Å². The van der Waals surface area contributed by atoms with Crippen LogP contribution in [0.2, 0.25) is 0 Å². The molecule has 5 nitrogen and oxygen atoms in total. The lowest BCUT2D eigenvalue weighted by atomic mass is 10.1. The molecular formula is C44H36N4O. The number of benzene rings is 6. The summed E-state index contributed by atoms with van der Waals surface area (Å²) >= 11 is 0. The number of hydrogen-bond donors (Lipinski definition) is 0. The lowest BCUT2D eigenvalue weighted by molar-refractivity contribution is 0.666. The number of rotatable bonds is 3. The van der Waals surface area contributed by atoms with E-state index in [0.717, 1.165) is 33.3 Å². The van der Waals surface area contributed by atoms with E-state index in [0.29, 0.717) is 17.6 Å². The lowest BCUT2D eigenvalue weighted by Crippen LogP contribution is -2.06. The van der Waals surface area contributed by atoms with Gasteiger partial charge in [0.05, 0.1) is 11.0 Å². The summed E-state index contributed by atoms with van der Waals surface area (Å²) < 4.78 is 7.93. The van der Waals surface area contributed by atoms with Crippen LogP contribution in [0.25, 0.3) is 72.5 Å². The summed E-state index contributed by atoms with van der Waals surface area (Å²) in [6.45, 7) is 9.47. The Morgan fingerprint density at radius 2 is 1.04 bits per heavy atom. The Hall–Kier alpha value is -6.33. The second kappa shape index (κ2) is 13.8. The van der Waals surface area contributed by atoms with Crippen LogP contribution in [0.1, 0.15) is 18.1 Å². The van der Waals surface area contributed by atoms with Crippen LogP contribution in [0.4, 0.5) is 0 Å². The van der Waals surface area contributed by atoms with Gasteiger partial charge in [-0.1, -0.05) is 133 Å². The molecule has 5 heteroatoms. The molecule has 3 heterocycles. The molecule has 0 spiro atoms. The van der Waals surface area contributed by atoms with Crippen LogP contribution >= 0.6 is 0 Å². The number of aromatic nitrogens is 4. The van der Waals surface area contributed by atoms with Gasteiger partial charge in [-0.15, -0.1) is 6.58 Å². The monoisotopic (exact) mass is 636 g/mol. The second-order valence-electron chi connectivity index (χ2n) is 11.8. The third-order valence-corrected chi connectivity index (χ3v) is 8.39. The highest BCUT2D eigenvalue weighted by Crippen LogP contribution is 2.34. The summed E-state index contributed by atoms with van der Waals surface area (Å²) in [7, 11) is 0. The van der Waals surface area contributed by atoms with Crippen molar-refractivity contribution in [3.8, 4) is 28.7 Å². The minimum absolute atomic E-state index is 0.620. The van der Waals surface area contributed by atoms with E-state index in [1.54, 1.807) is 6.08 Å². The number of hydrogen-bond acceptors (Lipinski definition) is 4. The van der Waals surface area contributed by atoms with E-state index in [9.17, 15) is 0 Å². The van der Waals surface area contributed by atoms with Crippen molar-refractivity contribution in [1.82, 2.24) is 19.5 Å². The first-order valence-electron chi connectivity index (χ1n) is 16.4. The van der Waals surface area contributed by atoms with Crippen LogP contribution in [0, 0.1) is 13.8 Å². The summed E-state index contributed by atoms with van der Waals surface area (Å²) in [5.41, 5.74) is 8.51. The topological polar surface area (TPSA) is 56.7 Å². The largest absolute Gasteiger partial charge is 0.456 e. The van der Waals surface area contributed by atoms with Crippen molar-refractivity contribution >= 4 is 43.7 Å². The van der Waals surface area contributed by atoms with E-state index in [1.807, 2.05) is 85.8 Å². The zero-order chi connectivity index (χ0) is 33.7. The summed E-state index contributed by atoms with van der Waals surface area (Å²) in [5.74, 6) is 1.94. The molecule has 0 fully saturated rings. The van der Waals surface area contributed by atoms with Crippen molar-refractivity contribution in [3.63, 3.8) is 0 Å². The third kappa shape index (κ3) is 6.10. The standard InChI is InChI=1S/C28H20N4.C13H10O.C3H6/c1-19-11-10-18-24-25(19)22-16-8-9-17-23(22)32(24)28-30-26(20-12-4-2-5-13-20)29-27(31-28)21-14-6-3-7-15-21;1-9-5-4-7-11-10-6-2-3-8-12(10)14-13(9)11;1-3-2/h2-18H,1H3;2-8H,1H3;3H,1H2,2H3. The second-order valence-corrected chi connectivity index (χ2v) is 11.8. The third-order valence-electron chi connectivity index (χ3n) is 8.39. The van der Waals surface area contributed by atoms with Crippen molar-refractivity contribution in [2.45, 2.75) is 20.8 Å². The van der Waals surface area contributed by atoms with Gasteiger partial charge in [0.15, 0.2) is 11.6 Å². The van der Waals surface area contributed by atoms with E-state index < -0.39 is 0 Å². The lowest BCUT2D eigenvalue weighted by Gasteiger charge is -2.10. The van der Waals surface area contributed by atoms with E-state index in [4.69, 9.17) is 19.4 Å². The first-order chi connectivity index (χ1) is 24.1. The van der Waals surface area contributed by atoms with E-state index >= 15 is 0 Å². The number of nitrogens with zero attached hydrogens (tertiary/aromatic N) is 4. The van der Waals surface area contributed by atoms with E-state index in [2.05, 4.69) is 91.7 Å². The zero-order valence-corrected chi connectivity index (χ0v) is 27.8. The molecule has 0 atom stereocenters. The molecule has 0 aliphatic heterocycles. The molecular weight excluding hydrogens is 601 g/mol. The number of fused-ring (bicyclic) bond motifs is 6. The molecule has 0 saturated carbocycles. The maximum atomic E-state index is 5.78. The molecule has 49 heavy (non-hydrogen) atoms. The van der Waals surface area contributed by atoms with Gasteiger partial charge < -0.3 is 4.42 Å². The first kappa shape index (κ1) is 31.3. The Morgan fingerprint density at radius 1 is 0.531 bits per heavy atom. The Morgan fingerprint density at radius 3 is 1.71 bits per heavy atom. The molecule has 0 saturated heterocycles. The number of para-hydroxylation sites is 3. The predicted molar refractivity (Wildman–Crippen MR) is 204 cm³/mol. The molecule has 0 aliphatic rings. The molecule has 0 N–H and O–H groups in total. The van der Waals surface area contributed by atoms with Crippen LogP contribution in [0.5, 0.6) is 0 Å². The molecule has 3 aromatic heterocycles. The molecule has 238 valence electrons. The van der Waals surface area contributed by atoms with Gasteiger partial charge in [-0.3, -0.25) is 4.57 Å². The molecule has 0 bridgehead atoms. The van der Waals surface area contributed by atoms with Crippen LogP contribution in [-0.4, -0.2) is 19.5 Å². The summed E-state index contributed by atoms with van der Waals surface area (Å²) in [4.78, 5) is 14.7. The first-order valence-corrected chi connectivity index (χ1v) is 16.4. The highest BCUT2D eigenvalue weighted by Gasteiger charge is 2.18. The fourth-order valence-corrected chi connectivity index (χ4v) is 6.20. The molecule has 9 rings (SSSR count). The number of allylic oxidation sites excluding steroid dienone is 1. The van der Waals surface area contributed by atoms with Crippen LogP contribution in [0.15, 0.2) is 163 Å². The van der Waals surface area contributed by atoms with Gasteiger partial charge in [-0.2, -0.15) is 9.97 Å². The number of furan rings is 1. The highest BCUT2D eigenvalue weighted by atomic mass is 16.3. The van der Waals surface area contributed by atoms with Gasteiger partial charge in [-0.25, -0.2) is 4.98 Å². The van der Waals surface area contributed by atoms with Gasteiger partial charge in [0.2, 0.25) is 5.95 Å². The van der Waals surface area contributed by atoms with Gasteiger partial charge >= 0.3 is 0 Å². The van der Waals surface area contributed by atoms with Gasteiger partial charge in [-0.05, 0) is 50.1 Å². The molecule has 6 aromatic carbocycles. The Kier molecular flexibility index (Phi) is 8.81. The molecule has 0 aliphatic carbocycles. The van der Waals surface area contributed by atoms with E-state index in [1.165, 1.54) is 32.7 Å². The van der Waals surface area contributed by atoms with E-state index in [-0.39, 0.29) is 0 Å². The molecule has 0 radical (unpaired) electrons. The fraction of sp³-hybridized carbons (Fsp3) is 0.0682. The minimum Gasteiger partial charge on any atom is -0.456 e. The minimum atomic E-state index is 0.620.